The number of aryl methyl sites for hydroxylation is 1. The van der Waals surface area contributed by atoms with Gasteiger partial charge in [0.25, 0.3) is 0 Å². The Balaban J connectivity index is 1.45. The molecule has 0 N–H and O–H groups in total. The molecule has 2 saturated heterocycles. The molecule has 3 heterocycles. The van der Waals surface area contributed by atoms with Gasteiger partial charge in [-0.1, -0.05) is 6.07 Å². The smallest absolute Gasteiger partial charge is 0.439 e. The molecule has 168 valence electrons. The number of likely N-dealkylation sites (N-methyl/N-ethyl adjacent to an activating group) is 1. The number of hydrogen-bond acceptors (Lipinski definition) is 7. The van der Waals surface area contributed by atoms with Gasteiger partial charge in [-0.05, 0) is 38.9 Å². The highest BCUT2D eigenvalue weighted by Crippen LogP contribution is 2.32. The highest BCUT2D eigenvalue weighted by molar-refractivity contribution is 5.39. The first-order valence-electron chi connectivity index (χ1n) is 10.2. The maximum absolute atomic E-state index is 12.5. The lowest BCUT2D eigenvalue weighted by molar-refractivity contribution is -0.274. The number of halogens is 3. The Kier molecular flexibility index (Phi) is 5.94. The van der Waals surface area contributed by atoms with Crippen LogP contribution in [0, 0.1) is 6.92 Å². The largest absolute Gasteiger partial charge is 0.573 e. The lowest BCUT2D eigenvalue weighted by atomic mass is 9.89. The molecule has 0 amide bonds. The molecule has 0 radical (unpaired) electrons. The summed E-state index contributed by atoms with van der Waals surface area (Å²) in [6, 6.07) is 7.00. The summed E-state index contributed by atoms with van der Waals surface area (Å²) in [4.78, 5) is 13.4. The summed E-state index contributed by atoms with van der Waals surface area (Å²) in [6.45, 7) is 5.94. The summed E-state index contributed by atoms with van der Waals surface area (Å²) in [5.41, 5.74) is 0.586. The van der Waals surface area contributed by atoms with Crippen LogP contribution in [0.25, 0.3) is 0 Å². The number of benzene rings is 1. The van der Waals surface area contributed by atoms with E-state index in [0.717, 1.165) is 45.6 Å². The molecule has 0 unspecified atom stereocenters. The van der Waals surface area contributed by atoms with Gasteiger partial charge in [0.15, 0.2) is 0 Å². The molecular formula is C21H25F3N4O3. The number of ether oxygens (including phenoxy) is 3. The molecule has 2 fully saturated rings. The molecule has 2 aliphatic heterocycles. The van der Waals surface area contributed by atoms with Crippen LogP contribution in [0.1, 0.15) is 18.5 Å². The van der Waals surface area contributed by atoms with Gasteiger partial charge in [0, 0.05) is 44.0 Å². The first-order chi connectivity index (χ1) is 14.7. The summed E-state index contributed by atoms with van der Waals surface area (Å²) in [7, 11) is 2.11. The van der Waals surface area contributed by atoms with E-state index in [-0.39, 0.29) is 23.0 Å². The van der Waals surface area contributed by atoms with Crippen molar-refractivity contribution in [3.63, 3.8) is 0 Å². The zero-order valence-corrected chi connectivity index (χ0v) is 17.5. The average Bonchev–Trinajstić information content (AvgIpc) is 2.67. The summed E-state index contributed by atoms with van der Waals surface area (Å²) in [6.07, 6.45) is -3.01. The van der Waals surface area contributed by atoms with Crippen molar-refractivity contribution in [3.05, 3.63) is 36.0 Å². The predicted octanol–water partition coefficient (Wildman–Crippen LogP) is 3.78. The molecule has 2 aliphatic rings. The van der Waals surface area contributed by atoms with Crippen LogP contribution in [0.2, 0.25) is 0 Å². The molecule has 0 atom stereocenters. The molecule has 1 aromatic heterocycles. The lowest BCUT2D eigenvalue weighted by Gasteiger charge is -2.46. The summed E-state index contributed by atoms with van der Waals surface area (Å²) < 4.78 is 53.2. The fourth-order valence-electron chi connectivity index (χ4n) is 4.03. The van der Waals surface area contributed by atoms with Crippen LogP contribution in [0.4, 0.5) is 19.1 Å². The average molecular weight is 438 g/mol. The monoisotopic (exact) mass is 438 g/mol. The van der Waals surface area contributed by atoms with Crippen molar-refractivity contribution in [3.8, 4) is 17.4 Å². The Morgan fingerprint density at radius 1 is 1.06 bits per heavy atom. The number of aromatic nitrogens is 2. The van der Waals surface area contributed by atoms with E-state index in [0.29, 0.717) is 11.6 Å². The van der Waals surface area contributed by atoms with Gasteiger partial charge in [-0.15, -0.1) is 13.2 Å². The topological polar surface area (TPSA) is 60.0 Å². The second-order valence-electron chi connectivity index (χ2n) is 8.03. The Morgan fingerprint density at radius 2 is 1.81 bits per heavy atom. The van der Waals surface area contributed by atoms with Gasteiger partial charge >= 0.3 is 6.36 Å². The van der Waals surface area contributed by atoms with E-state index in [1.54, 1.807) is 12.1 Å². The molecule has 4 rings (SSSR count). The van der Waals surface area contributed by atoms with Gasteiger partial charge < -0.3 is 24.0 Å². The molecule has 31 heavy (non-hydrogen) atoms. The number of hydrogen-bond donors (Lipinski definition) is 0. The second kappa shape index (κ2) is 8.51. The van der Waals surface area contributed by atoms with Crippen LogP contribution >= 0.6 is 0 Å². The van der Waals surface area contributed by atoms with E-state index in [9.17, 15) is 13.2 Å². The van der Waals surface area contributed by atoms with Gasteiger partial charge in [0.1, 0.15) is 11.5 Å². The molecule has 1 aromatic carbocycles. The van der Waals surface area contributed by atoms with Crippen molar-refractivity contribution in [2.75, 3.05) is 44.7 Å². The van der Waals surface area contributed by atoms with Crippen molar-refractivity contribution in [2.24, 2.45) is 0 Å². The normalized spacial score (nSPS) is 19.5. The fourth-order valence-corrected chi connectivity index (χ4v) is 4.03. The maximum Gasteiger partial charge on any atom is 0.573 e. The predicted molar refractivity (Wildman–Crippen MR) is 108 cm³/mol. The number of anilines is 1. The van der Waals surface area contributed by atoms with Crippen LogP contribution in [0.3, 0.4) is 0 Å². The van der Waals surface area contributed by atoms with Crippen molar-refractivity contribution >= 4 is 5.95 Å². The molecule has 10 heteroatoms. The van der Waals surface area contributed by atoms with Gasteiger partial charge in [0.2, 0.25) is 11.8 Å². The van der Waals surface area contributed by atoms with Crippen molar-refractivity contribution in [1.29, 1.82) is 0 Å². The van der Waals surface area contributed by atoms with Crippen LogP contribution in [-0.2, 0) is 4.74 Å². The van der Waals surface area contributed by atoms with Gasteiger partial charge in [-0.25, -0.2) is 4.98 Å². The maximum atomic E-state index is 12.5. The third kappa shape index (κ3) is 5.56. The van der Waals surface area contributed by atoms with Gasteiger partial charge in [-0.2, -0.15) is 4.98 Å². The van der Waals surface area contributed by atoms with Crippen LogP contribution in [-0.4, -0.2) is 66.7 Å². The van der Waals surface area contributed by atoms with E-state index < -0.39 is 6.36 Å². The first kappa shape index (κ1) is 21.6. The minimum absolute atomic E-state index is 0.119. The van der Waals surface area contributed by atoms with Gasteiger partial charge in [-0.3, -0.25) is 0 Å². The van der Waals surface area contributed by atoms with Crippen LogP contribution in [0.15, 0.2) is 30.3 Å². The van der Waals surface area contributed by atoms with E-state index in [2.05, 4.69) is 31.6 Å². The van der Waals surface area contributed by atoms with E-state index >= 15 is 0 Å². The molecule has 0 aliphatic carbocycles. The van der Waals surface area contributed by atoms with E-state index in [1.807, 2.05) is 6.92 Å². The number of rotatable bonds is 4. The Hall–Kier alpha value is -2.59. The van der Waals surface area contributed by atoms with Crippen molar-refractivity contribution < 1.29 is 27.4 Å². The van der Waals surface area contributed by atoms with E-state index in [1.165, 1.54) is 18.2 Å². The Morgan fingerprint density at radius 3 is 2.52 bits per heavy atom. The van der Waals surface area contributed by atoms with Gasteiger partial charge in [0.05, 0.1) is 12.2 Å². The molecule has 0 saturated carbocycles. The lowest BCUT2D eigenvalue weighted by Crippen LogP contribution is -2.56. The quantitative estimate of drug-likeness (QED) is 0.720. The number of piperidine rings is 1. The van der Waals surface area contributed by atoms with Crippen molar-refractivity contribution in [2.45, 2.75) is 31.7 Å². The number of morpholine rings is 1. The fraction of sp³-hybridized carbons (Fsp3) is 0.524. The summed E-state index contributed by atoms with van der Waals surface area (Å²) in [5, 5.41) is 0. The highest BCUT2D eigenvalue weighted by atomic mass is 19.4. The SMILES string of the molecule is Cc1cc(Oc2cccc(OC(F)(F)F)c2)nc(N2CCC3(CC2)CN(C)CCO3)n1. The third-order valence-electron chi connectivity index (χ3n) is 5.48. The number of nitrogens with zero attached hydrogens (tertiary/aromatic N) is 4. The molecule has 0 bridgehead atoms. The summed E-state index contributed by atoms with van der Waals surface area (Å²) >= 11 is 0. The standard InChI is InChI=1S/C21H25F3N4O3/c1-15-12-18(30-16-4-3-5-17(13-16)31-21(22,23)24)26-19(25-15)28-8-6-20(7-9-28)14-27(2)10-11-29-20/h3-5,12-13H,6-11,14H2,1-2H3. The minimum atomic E-state index is -4.76. The number of alkyl halides is 3. The van der Waals surface area contributed by atoms with Crippen molar-refractivity contribution in [1.82, 2.24) is 14.9 Å². The Bertz CT molecular complexity index is 917. The summed E-state index contributed by atoms with van der Waals surface area (Å²) in [5.74, 6) is 0.647. The highest BCUT2D eigenvalue weighted by Gasteiger charge is 2.39. The van der Waals surface area contributed by atoms with Crippen LogP contribution < -0.4 is 14.4 Å². The zero-order valence-electron chi connectivity index (χ0n) is 17.5. The third-order valence-corrected chi connectivity index (χ3v) is 5.48. The Labute approximate surface area is 178 Å². The second-order valence-corrected chi connectivity index (χ2v) is 8.03. The van der Waals surface area contributed by atoms with E-state index in [4.69, 9.17) is 9.47 Å². The molecule has 2 aromatic rings. The zero-order chi connectivity index (χ0) is 22.1. The molecular weight excluding hydrogens is 413 g/mol. The molecule has 7 nitrogen and oxygen atoms in total. The van der Waals surface area contributed by atoms with Crippen LogP contribution in [0.5, 0.6) is 17.4 Å². The molecule has 1 spiro atoms. The minimum Gasteiger partial charge on any atom is -0.439 e. The first-order valence-corrected chi connectivity index (χ1v) is 10.2.